The molecule has 5 atom stereocenters. The Kier molecular flexibility index (Phi) is 5.87. The van der Waals surface area contributed by atoms with Crippen LogP contribution in [-0.2, 0) is 18.7 Å². The Hall–Kier alpha value is 0.0469. The fraction of sp³-hybridized carbons (Fsp3) is 1.00. The zero-order valence-electron chi connectivity index (χ0n) is 17.8. The van der Waals surface area contributed by atoms with Crippen LogP contribution >= 0.6 is 0 Å². The summed E-state index contributed by atoms with van der Waals surface area (Å²) in [5.74, 6) is -0.0287. The van der Waals surface area contributed by atoms with Gasteiger partial charge in [0.05, 0.1) is 24.1 Å². The van der Waals surface area contributed by atoms with Crippen molar-refractivity contribution in [1.82, 2.24) is 0 Å². The Balaban J connectivity index is 2.27. The molecule has 2 aliphatic carbocycles. The Morgan fingerprint density at radius 3 is 2.19 bits per heavy atom. The largest absolute Gasteiger partial charge is 0.413 e. The maximum Gasteiger partial charge on any atom is 0.264 e. The highest BCUT2D eigenvalue weighted by atomic mass is 32.2. The molecule has 0 heterocycles. The van der Waals surface area contributed by atoms with E-state index < -0.39 is 24.0 Å². The van der Waals surface area contributed by atoms with Gasteiger partial charge < -0.3 is 9.53 Å². The van der Waals surface area contributed by atoms with Crippen molar-refractivity contribution in [3.05, 3.63) is 0 Å². The molecule has 0 aromatic rings. The van der Waals surface area contributed by atoms with Gasteiger partial charge in [-0.3, -0.25) is 4.18 Å². The fourth-order valence-corrected chi connectivity index (χ4v) is 6.75. The van der Waals surface area contributed by atoms with E-state index in [0.717, 1.165) is 19.1 Å². The van der Waals surface area contributed by atoms with E-state index in [0.29, 0.717) is 19.3 Å². The molecule has 0 radical (unpaired) electrons. The summed E-state index contributed by atoms with van der Waals surface area (Å²) in [6, 6.07) is 0. The van der Waals surface area contributed by atoms with Gasteiger partial charge in [0, 0.05) is 0 Å². The van der Waals surface area contributed by atoms with Gasteiger partial charge in [-0.1, -0.05) is 27.7 Å². The highest BCUT2D eigenvalue weighted by Gasteiger charge is 2.57. The number of hydrogen-bond donors (Lipinski definition) is 1. The summed E-state index contributed by atoms with van der Waals surface area (Å²) in [6.07, 6.45) is 4.45. The lowest BCUT2D eigenvalue weighted by atomic mass is 9.53. The average Bonchev–Trinajstić information content (AvgIpc) is 2.41. The molecule has 2 saturated carbocycles. The first kappa shape index (κ1) is 22.3. The predicted octanol–water partition coefficient (Wildman–Crippen LogP) is 4.07. The van der Waals surface area contributed by atoms with Crippen LogP contribution in [0.1, 0.15) is 66.7 Å². The Bertz CT molecular complexity index is 622. The monoisotopic (exact) mass is 406 g/mol. The van der Waals surface area contributed by atoms with Crippen molar-refractivity contribution in [3.63, 3.8) is 0 Å². The standard InChI is InChI=1S/C19H38O5SSi/c1-17(2,3)26(7,8)24-16-10-12-19(5,20)15-13-14(23-25(6,21)22)9-11-18(15,16)4/h14-16,20H,9-13H2,1-8H3/t14-,15+,16+,18+,19+/m1/s1. The van der Waals surface area contributed by atoms with E-state index in [1.807, 2.05) is 6.92 Å². The molecule has 0 saturated heterocycles. The highest BCUT2D eigenvalue weighted by molar-refractivity contribution is 7.86. The molecule has 2 aliphatic rings. The minimum Gasteiger partial charge on any atom is -0.413 e. The Labute approximate surface area is 161 Å². The van der Waals surface area contributed by atoms with Crippen LogP contribution < -0.4 is 0 Å². The summed E-state index contributed by atoms with van der Waals surface area (Å²) in [5.41, 5.74) is -0.976. The first-order valence-electron chi connectivity index (χ1n) is 9.76. The van der Waals surface area contributed by atoms with Crippen LogP contribution in [0.5, 0.6) is 0 Å². The van der Waals surface area contributed by atoms with Gasteiger partial charge in [-0.25, -0.2) is 0 Å². The molecular formula is C19H38O5SSi. The first-order valence-corrected chi connectivity index (χ1v) is 14.5. The van der Waals surface area contributed by atoms with E-state index in [1.165, 1.54) is 0 Å². The quantitative estimate of drug-likeness (QED) is 0.563. The van der Waals surface area contributed by atoms with Crippen molar-refractivity contribution in [2.75, 3.05) is 6.26 Å². The molecule has 7 heteroatoms. The van der Waals surface area contributed by atoms with Gasteiger partial charge in [0.15, 0.2) is 8.32 Å². The number of hydrogen-bond acceptors (Lipinski definition) is 5. The molecule has 2 rings (SSSR count). The maximum absolute atomic E-state index is 11.6. The van der Waals surface area contributed by atoms with Crippen molar-refractivity contribution in [2.45, 2.75) is 103 Å². The van der Waals surface area contributed by atoms with Gasteiger partial charge in [0.2, 0.25) is 0 Å². The molecule has 0 aliphatic heterocycles. The van der Waals surface area contributed by atoms with Crippen molar-refractivity contribution < 1.29 is 22.1 Å². The predicted molar refractivity (Wildman–Crippen MR) is 107 cm³/mol. The van der Waals surface area contributed by atoms with Crippen molar-refractivity contribution in [3.8, 4) is 0 Å². The van der Waals surface area contributed by atoms with Crippen molar-refractivity contribution >= 4 is 18.4 Å². The fourth-order valence-electron chi connectivity index (χ4n) is 4.63. The van der Waals surface area contributed by atoms with E-state index >= 15 is 0 Å². The van der Waals surface area contributed by atoms with Gasteiger partial charge in [-0.15, -0.1) is 0 Å². The molecule has 0 aromatic heterocycles. The second kappa shape index (κ2) is 6.83. The van der Waals surface area contributed by atoms with Crippen LogP contribution in [-0.4, -0.2) is 45.9 Å². The number of rotatable bonds is 4. The normalized spacial score (nSPS) is 39.5. The summed E-state index contributed by atoms with van der Waals surface area (Å²) < 4.78 is 35.2. The van der Waals surface area contributed by atoms with E-state index in [9.17, 15) is 13.5 Å². The van der Waals surface area contributed by atoms with Crippen LogP contribution in [0.25, 0.3) is 0 Å². The molecule has 26 heavy (non-hydrogen) atoms. The van der Waals surface area contributed by atoms with Crippen molar-refractivity contribution in [2.24, 2.45) is 11.3 Å². The van der Waals surface area contributed by atoms with Crippen LogP contribution in [0.3, 0.4) is 0 Å². The topological polar surface area (TPSA) is 72.8 Å². The van der Waals surface area contributed by atoms with Gasteiger partial charge in [-0.2, -0.15) is 8.42 Å². The maximum atomic E-state index is 11.6. The molecule has 0 unspecified atom stereocenters. The first-order chi connectivity index (χ1) is 11.5. The molecule has 154 valence electrons. The molecular weight excluding hydrogens is 368 g/mol. The van der Waals surface area contributed by atoms with Gasteiger partial charge >= 0.3 is 0 Å². The van der Waals surface area contributed by atoms with Crippen LogP contribution in [0, 0.1) is 11.3 Å². The number of aliphatic hydroxyl groups is 1. The molecule has 0 spiro atoms. The lowest BCUT2D eigenvalue weighted by Crippen LogP contribution is -2.61. The van der Waals surface area contributed by atoms with E-state index in [-0.39, 0.29) is 28.6 Å². The van der Waals surface area contributed by atoms with Gasteiger partial charge in [-0.05, 0) is 68.5 Å². The van der Waals surface area contributed by atoms with Crippen LogP contribution in [0.15, 0.2) is 0 Å². The van der Waals surface area contributed by atoms with Gasteiger partial charge in [0.25, 0.3) is 10.1 Å². The zero-order chi connectivity index (χ0) is 20.2. The van der Waals surface area contributed by atoms with Crippen LogP contribution in [0.2, 0.25) is 18.1 Å². The molecule has 1 N–H and O–H groups in total. The second-order valence-corrected chi connectivity index (χ2v) is 16.9. The third-order valence-electron chi connectivity index (χ3n) is 7.25. The minimum atomic E-state index is -3.49. The second-order valence-electron chi connectivity index (χ2n) is 10.5. The SMILES string of the molecule is CC(C)(C)[Si](C)(C)O[C@H]1CC[C@](C)(O)[C@H]2C[C@H](OS(C)(=O)=O)CC[C@]12C. The van der Waals surface area contributed by atoms with Gasteiger partial charge in [0.1, 0.15) is 0 Å². The molecule has 0 bridgehead atoms. The van der Waals surface area contributed by atoms with Crippen LogP contribution in [0.4, 0.5) is 0 Å². The summed E-state index contributed by atoms with van der Waals surface area (Å²) >= 11 is 0. The summed E-state index contributed by atoms with van der Waals surface area (Å²) in [7, 11) is -5.41. The smallest absolute Gasteiger partial charge is 0.264 e. The molecule has 2 fully saturated rings. The average molecular weight is 407 g/mol. The lowest BCUT2D eigenvalue weighted by Gasteiger charge is -2.59. The highest BCUT2D eigenvalue weighted by Crippen LogP contribution is 2.56. The summed E-state index contributed by atoms with van der Waals surface area (Å²) in [5, 5.41) is 11.2. The van der Waals surface area contributed by atoms with E-state index in [4.69, 9.17) is 8.61 Å². The number of fused-ring (bicyclic) bond motifs is 1. The van der Waals surface area contributed by atoms with E-state index in [1.54, 1.807) is 0 Å². The third kappa shape index (κ3) is 4.54. The Morgan fingerprint density at radius 2 is 1.69 bits per heavy atom. The molecule has 5 nitrogen and oxygen atoms in total. The lowest BCUT2D eigenvalue weighted by molar-refractivity contribution is -0.174. The Morgan fingerprint density at radius 1 is 1.12 bits per heavy atom. The molecule has 0 aromatic carbocycles. The zero-order valence-corrected chi connectivity index (χ0v) is 19.6. The van der Waals surface area contributed by atoms with E-state index in [2.05, 4.69) is 40.8 Å². The summed E-state index contributed by atoms with van der Waals surface area (Å²) in [4.78, 5) is 0. The minimum absolute atomic E-state index is 0.0287. The third-order valence-corrected chi connectivity index (χ3v) is 12.4. The van der Waals surface area contributed by atoms with Crippen molar-refractivity contribution in [1.29, 1.82) is 0 Å². The summed E-state index contributed by atoms with van der Waals surface area (Å²) in [6.45, 7) is 15.4. The molecule has 0 amide bonds.